The number of phenols is 1. The standard InChI is InChI=1S/C23H23N3O3S/c1-2-29-21-10-17(8-9-20(21)27)18-11-22(28)26-14-25(13-16-6-4-3-5-7-16)15-30-23(26)19(18)12-24/h3-10,18,27H,2,11,13-15H2,1H3/t18-/m0/s1. The molecule has 0 spiro atoms. The summed E-state index contributed by atoms with van der Waals surface area (Å²) in [6.45, 7) is 3.50. The molecule has 1 saturated heterocycles. The summed E-state index contributed by atoms with van der Waals surface area (Å²) in [4.78, 5) is 16.9. The van der Waals surface area contributed by atoms with Gasteiger partial charge in [0.2, 0.25) is 5.91 Å². The Morgan fingerprint density at radius 1 is 1.27 bits per heavy atom. The molecule has 1 N–H and O–H groups in total. The molecule has 1 fully saturated rings. The molecule has 0 unspecified atom stereocenters. The molecule has 2 aromatic rings. The Kier molecular flexibility index (Phi) is 5.98. The molecule has 4 rings (SSSR count). The molecule has 7 heteroatoms. The number of nitriles is 1. The topological polar surface area (TPSA) is 76.8 Å². The van der Waals surface area contributed by atoms with E-state index < -0.39 is 0 Å². The van der Waals surface area contributed by atoms with Gasteiger partial charge in [0.05, 0.1) is 35.8 Å². The molecule has 2 aromatic carbocycles. The zero-order valence-electron chi connectivity index (χ0n) is 16.7. The van der Waals surface area contributed by atoms with E-state index in [2.05, 4.69) is 23.1 Å². The Morgan fingerprint density at radius 3 is 2.80 bits per heavy atom. The number of allylic oxidation sites excluding steroid dienone is 1. The Morgan fingerprint density at radius 2 is 2.07 bits per heavy atom. The van der Waals surface area contributed by atoms with Gasteiger partial charge in [-0.25, -0.2) is 0 Å². The lowest BCUT2D eigenvalue weighted by atomic mass is 9.86. The highest BCUT2D eigenvalue weighted by Gasteiger charge is 2.38. The van der Waals surface area contributed by atoms with Crippen molar-refractivity contribution in [2.75, 3.05) is 19.2 Å². The van der Waals surface area contributed by atoms with Crippen LogP contribution in [-0.2, 0) is 11.3 Å². The number of hydrogen-bond acceptors (Lipinski definition) is 6. The number of carbonyl (C=O) groups excluding carboxylic acids is 1. The first-order valence-electron chi connectivity index (χ1n) is 9.90. The van der Waals surface area contributed by atoms with E-state index in [4.69, 9.17) is 4.74 Å². The van der Waals surface area contributed by atoms with E-state index in [0.717, 1.165) is 17.1 Å². The minimum absolute atomic E-state index is 0.00490. The normalized spacial score (nSPS) is 19.4. The van der Waals surface area contributed by atoms with Crippen molar-refractivity contribution < 1.29 is 14.6 Å². The molecule has 2 heterocycles. The van der Waals surface area contributed by atoms with Gasteiger partial charge in [-0.05, 0) is 30.2 Å². The summed E-state index contributed by atoms with van der Waals surface area (Å²) in [5.74, 6) is 0.815. The van der Waals surface area contributed by atoms with Gasteiger partial charge in [0.15, 0.2) is 11.5 Å². The van der Waals surface area contributed by atoms with Gasteiger partial charge in [-0.3, -0.25) is 14.6 Å². The van der Waals surface area contributed by atoms with Gasteiger partial charge in [-0.1, -0.05) is 48.2 Å². The Bertz CT molecular complexity index is 1020. The van der Waals surface area contributed by atoms with E-state index in [1.165, 1.54) is 17.3 Å². The maximum absolute atomic E-state index is 13.0. The first kappa shape index (κ1) is 20.3. The highest BCUT2D eigenvalue weighted by Crippen LogP contribution is 2.44. The highest BCUT2D eigenvalue weighted by molar-refractivity contribution is 8.03. The summed E-state index contributed by atoms with van der Waals surface area (Å²) in [5.41, 5.74) is 2.61. The van der Waals surface area contributed by atoms with Crippen LogP contribution >= 0.6 is 11.8 Å². The zero-order valence-corrected chi connectivity index (χ0v) is 17.6. The molecule has 1 atom stereocenters. The molecule has 0 aromatic heterocycles. The number of carbonyl (C=O) groups is 1. The molecule has 6 nitrogen and oxygen atoms in total. The van der Waals surface area contributed by atoms with Crippen LogP contribution in [0.5, 0.6) is 11.5 Å². The van der Waals surface area contributed by atoms with E-state index in [9.17, 15) is 15.2 Å². The van der Waals surface area contributed by atoms with Crippen LogP contribution in [0.15, 0.2) is 59.1 Å². The Balaban J connectivity index is 1.60. The minimum Gasteiger partial charge on any atom is -0.504 e. The van der Waals surface area contributed by atoms with Crippen molar-refractivity contribution in [3.05, 3.63) is 70.3 Å². The molecule has 1 amide bonds. The van der Waals surface area contributed by atoms with Crippen LogP contribution in [0.2, 0.25) is 0 Å². The van der Waals surface area contributed by atoms with Crippen molar-refractivity contribution in [2.24, 2.45) is 0 Å². The first-order valence-corrected chi connectivity index (χ1v) is 10.9. The van der Waals surface area contributed by atoms with Crippen molar-refractivity contribution >= 4 is 17.7 Å². The van der Waals surface area contributed by atoms with Crippen LogP contribution < -0.4 is 4.74 Å². The average molecular weight is 422 g/mol. The second kappa shape index (κ2) is 8.82. The zero-order chi connectivity index (χ0) is 21.1. The maximum atomic E-state index is 13.0. The van der Waals surface area contributed by atoms with Crippen molar-refractivity contribution in [1.82, 2.24) is 9.80 Å². The number of thioether (sulfide) groups is 1. The second-order valence-electron chi connectivity index (χ2n) is 7.30. The molecule has 0 radical (unpaired) electrons. The van der Waals surface area contributed by atoms with Crippen LogP contribution in [0, 0.1) is 11.3 Å². The summed E-state index contributed by atoms with van der Waals surface area (Å²) in [5, 5.41) is 20.7. The molecule has 154 valence electrons. The SMILES string of the molecule is CCOc1cc([C@@H]2CC(=O)N3CN(Cc4ccccc4)CSC3=C2C#N)ccc1O. The maximum Gasteiger partial charge on any atom is 0.229 e. The van der Waals surface area contributed by atoms with Crippen LogP contribution in [0.4, 0.5) is 0 Å². The molecule has 0 bridgehead atoms. The quantitative estimate of drug-likeness (QED) is 0.786. The number of phenolic OH excluding ortho intramolecular Hbond substituents is 1. The number of amides is 1. The van der Waals surface area contributed by atoms with Crippen LogP contribution in [0.1, 0.15) is 30.4 Å². The minimum atomic E-state index is -0.332. The van der Waals surface area contributed by atoms with Gasteiger partial charge in [-0.15, -0.1) is 0 Å². The van der Waals surface area contributed by atoms with Gasteiger partial charge in [0.1, 0.15) is 0 Å². The van der Waals surface area contributed by atoms with E-state index in [0.29, 0.717) is 30.5 Å². The summed E-state index contributed by atoms with van der Waals surface area (Å²) in [6.07, 6.45) is 0.225. The molecule has 2 aliphatic heterocycles. The van der Waals surface area contributed by atoms with Gasteiger partial charge in [0, 0.05) is 18.9 Å². The van der Waals surface area contributed by atoms with Crippen LogP contribution in [-0.4, -0.2) is 40.0 Å². The average Bonchev–Trinajstić information content (AvgIpc) is 2.76. The molecule has 2 aliphatic rings. The predicted molar refractivity (Wildman–Crippen MR) is 115 cm³/mol. The Hall–Kier alpha value is -2.95. The van der Waals surface area contributed by atoms with Crippen molar-refractivity contribution in [3.8, 4) is 17.6 Å². The number of benzene rings is 2. The lowest BCUT2D eigenvalue weighted by Crippen LogP contribution is -2.46. The third kappa shape index (κ3) is 4.02. The smallest absolute Gasteiger partial charge is 0.229 e. The number of ether oxygens (including phenoxy) is 1. The lowest BCUT2D eigenvalue weighted by molar-refractivity contribution is -0.131. The third-order valence-corrected chi connectivity index (χ3v) is 6.49. The number of nitrogens with zero attached hydrogens (tertiary/aromatic N) is 3. The van der Waals surface area contributed by atoms with E-state index in [1.54, 1.807) is 23.1 Å². The number of rotatable bonds is 5. The number of hydrogen-bond donors (Lipinski definition) is 1. The molecular weight excluding hydrogens is 398 g/mol. The summed E-state index contributed by atoms with van der Waals surface area (Å²) >= 11 is 1.53. The van der Waals surface area contributed by atoms with Gasteiger partial charge in [-0.2, -0.15) is 5.26 Å². The summed E-state index contributed by atoms with van der Waals surface area (Å²) in [6, 6.07) is 17.6. The lowest BCUT2D eigenvalue weighted by Gasteiger charge is -2.41. The Labute approximate surface area is 180 Å². The van der Waals surface area contributed by atoms with Gasteiger partial charge in [0.25, 0.3) is 0 Å². The van der Waals surface area contributed by atoms with Gasteiger partial charge >= 0.3 is 0 Å². The number of fused-ring (bicyclic) bond motifs is 1. The summed E-state index contributed by atoms with van der Waals surface area (Å²) < 4.78 is 5.48. The molecular formula is C23H23N3O3S. The fourth-order valence-electron chi connectivity index (χ4n) is 3.85. The fourth-order valence-corrected chi connectivity index (χ4v) is 4.99. The first-order chi connectivity index (χ1) is 14.6. The summed E-state index contributed by atoms with van der Waals surface area (Å²) in [7, 11) is 0. The van der Waals surface area contributed by atoms with Crippen LogP contribution in [0.25, 0.3) is 0 Å². The van der Waals surface area contributed by atoms with Gasteiger partial charge < -0.3 is 9.84 Å². The highest BCUT2D eigenvalue weighted by atomic mass is 32.2. The molecule has 0 aliphatic carbocycles. The van der Waals surface area contributed by atoms with Crippen molar-refractivity contribution in [2.45, 2.75) is 25.8 Å². The fraction of sp³-hybridized carbons (Fsp3) is 0.304. The van der Waals surface area contributed by atoms with Crippen molar-refractivity contribution in [1.29, 1.82) is 5.26 Å². The molecule has 30 heavy (non-hydrogen) atoms. The largest absolute Gasteiger partial charge is 0.504 e. The molecule has 0 saturated carbocycles. The number of aromatic hydroxyl groups is 1. The third-order valence-electron chi connectivity index (χ3n) is 5.28. The van der Waals surface area contributed by atoms with Crippen LogP contribution in [0.3, 0.4) is 0 Å². The van der Waals surface area contributed by atoms with Crippen molar-refractivity contribution in [3.63, 3.8) is 0 Å². The van der Waals surface area contributed by atoms with E-state index in [-0.39, 0.29) is 24.0 Å². The van der Waals surface area contributed by atoms with E-state index >= 15 is 0 Å². The van der Waals surface area contributed by atoms with E-state index in [1.807, 2.05) is 25.1 Å². The monoisotopic (exact) mass is 421 g/mol. The predicted octanol–water partition coefficient (Wildman–Crippen LogP) is 4.01. The second-order valence-corrected chi connectivity index (χ2v) is 8.23.